The third-order valence-electron chi connectivity index (χ3n) is 6.51. The molecule has 0 unspecified atom stereocenters. The Hall–Kier alpha value is -3.77. The van der Waals surface area contributed by atoms with Crippen molar-refractivity contribution in [1.29, 1.82) is 0 Å². The second-order valence-corrected chi connectivity index (χ2v) is 10.0. The smallest absolute Gasteiger partial charge is 0.232 e. The molecule has 0 aliphatic carbocycles. The van der Waals surface area contributed by atoms with E-state index in [-0.39, 0.29) is 0 Å². The zero-order chi connectivity index (χ0) is 29.4. The molecule has 11 nitrogen and oxygen atoms in total. The summed E-state index contributed by atoms with van der Waals surface area (Å²) in [6.07, 6.45) is 1.82. The largest absolute Gasteiger partial charge is 0.545 e. The number of carbonyl (C=O) groups is 2. The van der Waals surface area contributed by atoms with Gasteiger partial charge in [-0.15, -0.1) is 10.2 Å². The van der Waals surface area contributed by atoms with Crippen molar-refractivity contribution in [3.05, 3.63) is 81.6 Å². The van der Waals surface area contributed by atoms with Crippen LogP contribution in [0.1, 0.15) is 23.4 Å². The molecule has 0 N–H and O–H groups in total. The number of carboxylic acids is 2. The highest BCUT2D eigenvalue weighted by Crippen LogP contribution is 2.32. The Morgan fingerprint density at radius 1 is 0.976 bits per heavy atom. The van der Waals surface area contributed by atoms with E-state index in [1.54, 1.807) is 7.11 Å². The third kappa shape index (κ3) is 7.70. The average Bonchev–Trinajstić information content (AvgIpc) is 3.31. The fourth-order valence-electron chi connectivity index (χ4n) is 4.61. The molecule has 41 heavy (non-hydrogen) atoms. The van der Waals surface area contributed by atoms with Gasteiger partial charge in [0.15, 0.2) is 5.82 Å². The number of fused-ring (bicyclic) bond motifs is 3. The van der Waals surface area contributed by atoms with E-state index >= 15 is 0 Å². The van der Waals surface area contributed by atoms with Crippen LogP contribution in [0.4, 0.5) is 5.95 Å². The molecule has 3 heterocycles. The SMILES string of the molecule is COCCCN1CCN(c2nnc3n2-c2ccc(Cl)cc2C(c2ccccc2Cl)=NC3)CC1.O=C([O-])/C=C\C(=O)[O-]. The van der Waals surface area contributed by atoms with Crippen molar-refractivity contribution in [3.63, 3.8) is 0 Å². The zero-order valence-corrected chi connectivity index (χ0v) is 23.8. The Kier molecular flexibility index (Phi) is 10.5. The Morgan fingerprint density at radius 3 is 2.34 bits per heavy atom. The van der Waals surface area contributed by atoms with Crippen LogP contribution < -0.4 is 15.1 Å². The van der Waals surface area contributed by atoms with Crippen LogP contribution in [0.2, 0.25) is 10.0 Å². The molecule has 0 spiro atoms. The van der Waals surface area contributed by atoms with Crippen LogP contribution in [0.3, 0.4) is 0 Å². The first kappa shape index (κ1) is 30.2. The van der Waals surface area contributed by atoms with Crippen molar-refractivity contribution < 1.29 is 24.5 Å². The number of hydrogen-bond donors (Lipinski definition) is 0. The second-order valence-electron chi connectivity index (χ2n) is 9.20. The highest BCUT2D eigenvalue weighted by molar-refractivity contribution is 6.36. The molecule has 0 atom stereocenters. The van der Waals surface area contributed by atoms with Gasteiger partial charge in [-0.05, 0) is 42.8 Å². The quantitative estimate of drug-likeness (QED) is 0.275. The van der Waals surface area contributed by atoms with Gasteiger partial charge in [-0.25, -0.2) is 0 Å². The van der Waals surface area contributed by atoms with E-state index in [2.05, 4.69) is 24.6 Å². The van der Waals surface area contributed by atoms with Crippen molar-refractivity contribution >= 4 is 46.8 Å². The molecule has 0 saturated carbocycles. The topological polar surface area (TPSA) is 139 Å². The van der Waals surface area contributed by atoms with Gasteiger partial charge in [-0.1, -0.05) is 41.4 Å². The maximum atomic E-state index is 9.41. The maximum Gasteiger partial charge on any atom is 0.232 e. The van der Waals surface area contributed by atoms with E-state index in [1.165, 1.54) is 0 Å². The average molecular weight is 599 g/mol. The number of aliphatic imine (C=N–C) groups is 1. The van der Waals surface area contributed by atoms with Crippen LogP contribution >= 0.6 is 23.2 Å². The number of rotatable bonds is 8. The number of aromatic nitrogens is 3. The molecule has 3 aromatic rings. The zero-order valence-electron chi connectivity index (χ0n) is 22.3. The van der Waals surface area contributed by atoms with Gasteiger partial charge in [0.05, 0.1) is 23.3 Å². The Balaban J connectivity index is 0.000000426. The number of halogens is 2. The minimum absolute atomic E-state index is 0.384. The molecule has 2 aliphatic rings. The monoisotopic (exact) mass is 598 g/mol. The normalized spacial score (nSPS) is 14.9. The standard InChI is InChI=1S/C24H26Cl2N6O.C4H4O4/c1-33-14-4-9-30-10-12-31(13-11-30)24-29-28-22-16-27-23(18-5-2-3-6-20(18)26)19-15-17(25)7-8-21(19)32(22)24;5-3(6)1-2-4(7)8/h2-3,5-8,15H,4,9-14,16H2,1H3;1-2H,(H,5,6)(H,7,8)/p-2/b;2-1-. The summed E-state index contributed by atoms with van der Waals surface area (Å²) in [5.41, 5.74) is 3.59. The Bertz CT molecular complexity index is 1430. The molecule has 13 heteroatoms. The molecular weight excluding hydrogens is 571 g/mol. The van der Waals surface area contributed by atoms with Gasteiger partial charge >= 0.3 is 0 Å². The summed E-state index contributed by atoms with van der Waals surface area (Å²) in [6, 6.07) is 13.6. The summed E-state index contributed by atoms with van der Waals surface area (Å²) < 4.78 is 7.31. The summed E-state index contributed by atoms with van der Waals surface area (Å²) >= 11 is 13.0. The second kappa shape index (κ2) is 14.2. The predicted octanol–water partition coefficient (Wildman–Crippen LogP) is 1.13. The number of methoxy groups -OCH3 is 1. The number of hydrogen-bond acceptors (Lipinski definition) is 10. The Labute approximate surface area is 247 Å². The van der Waals surface area contributed by atoms with Crippen LogP contribution in [-0.2, 0) is 20.9 Å². The number of ether oxygens (including phenoxy) is 1. The summed E-state index contributed by atoms with van der Waals surface area (Å²) in [6.45, 7) is 6.03. The van der Waals surface area contributed by atoms with E-state index in [0.717, 1.165) is 80.1 Å². The summed E-state index contributed by atoms with van der Waals surface area (Å²) in [5, 5.41) is 29.2. The molecule has 0 radical (unpaired) electrons. The number of carbonyl (C=O) groups excluding carboxylic acids is 2. The van der Waals surface area contributed by atoms with Crippen LogP contribution in [0, 0.1) is 0 Å². The number of carboxylic acid groups (broad SMARTS) is 2. The van der Waals surface area contributed by atoms with E-state index in [1.807, 2.05) is 42.5 Å². The summed E-state index contributed by atoms with van der Waals surface area (Å²) in [4.78, 5) is 28.5. The van der Waals surface area contributed by atoms with Gasteiger partial charge in [0.1, 0.15) is 6.54 Å². The molecule has 2 aromatic carbocycles. The summed E-state index contributed by atoms with van der Waals surface area (Å²) in [7, 11) is 1.75. The first-order valence-electron chi connectivity index (χ1n) is 12.9. The van der Waals surface area contributed by atoms with Crippen molar-refractivity contribution in [1.82, 2.24) is 19.7 Å². The van der Waals surface area contributed by atoms with E-state index < -0.39 is 11.9 Å². The molecular formula is C28H28Cl2N6O5-2. The van der Waals surface area contributed by atoms with Crippen molar-refractivity contribution in [3.8, 4) is 5.69 Å². The predicted molar refractivity (Wildman–Crippen MR) is 151 cm³/mol. The molecule has 1 saturated heterocycles. The molecule has 0 amide bonds. The first-order valence-corrected chi connectivity index (χ1v) is 13.6. The molecule has 1 fully saturated rings. The molecule has 216 valence electrons. The van der Waals surface area contributed by atoms with Gasteiger partial charge in [-0.3, -0.25) is 14.5 Å². The lowest BCUT2D eigenvalue weighted by Crippen LogP contribution is -2.47. The van der Waals surface area contributed by atoms with E-state index in [4.69, 9.17) is 32.9 Å². The van der Waals surface area contributed by atoms with Crippen molar-refractivity contribution in [2.45, 2.75) is 13.0 Å². The maximum absolute atomic E-state index is 9.41. The number of aliphatic carboxylic acids is 2. The highest BCUT2D eigenvalue weighted by Gasteiger charge is 2.28. The van der Waals surface area contributed by atoms with Crippen LogP contribution in [-0.4, -0.2) is 83.8 Å². The highest BCUT2D eigenvalue weighted by atomic mass is 35.5. The van der Waals surface area contributed by atoms with Crippen molar-refractivity contribution in [2.75, 3.05) is 51.3 Å². The first-order chi connectivity index (χ1) is 19.8. The number of benzene rings is 2. The minimum atomic E-state index is -1.55. The van der Waals surface area contributed by atoms with Crippen LogP contribution in [0.25, 0.3) is 5.69 Å². The van der Waals surface area contributed by atoms with E-state index in [0.29, 0.717) is 28.7 Å². The molecule has 5 rings (SSSR count). The van der Waals surface area contributed by atoms with Gasteiger partial charge in [0, 0.05) is 67.6 Å². The van der Waals surface area contributed by atoms with Crippen molar-refractivity contribution in [2.24, 2.45) is 4.99 Å². The van der Waals surface area contributed by atoms with Crippen LogP contribution in [0.5, 0.6) is 0 Å². The molecule has 2 aliphatic heterocycles. The third-order valence-corrected chi connectivity index (χ3v) is 7.07. The Morgan fingerprint density at radius 2 is 1.68 bits per heavy atom. The number of piperazine rings is 1. The van der Waals surface area contributed by atoms with Crippen LogP contribution in [0.15, 0.2) is 59.6 Å². The minimum Gasteiger partial charge on any atom is -0.545 e. The van der Waals surface area contributed by atoms with Gasteiger partial charge in [0.2, 0.25) is 5.95 Å². The molecule has 0 bridgehead atoms. The lowest BCUT2D eigenvalue weighted by Gasteiger charge is -2.35. The van der Waals surface area contributed by atoms with Gasteiger partial charge in [0.25, 0.3) is 0 Å². The lowest BCUT2D eigenvalue weighted by molar-refractivity contribution is -0.301. The van der Waals surface area contributed by atoms with E-state index in [9.17, 15) is 19.8 Å². The number of nitrogens with zero attached hydrogens (tertiary/aromatic N) is 6. The molecule has 1 aromatic heterocycles. The fourth-order valence-corrected chi connectivity index (χ4v) is 5.01. The summed E-state index contributed by atoms with van der Waals surface area (Å²) in [5.74, 6) is -1.44. The fraction of sp³-hybridized carbons (Fsp3) is 0.321. The van der Waals surface area contributed by atoms with Gasteiger partial charge in [-0.2, -0.15) is 0 Å². The lowest BCUT2D eigenvalue weighted by atomic mass is 10.0. The number of anilines is 1. The van der Waals surface area contributed by atoms with Gasteiger partial charge < -0.3 is 29.4 Å².